The topological polar surface area (TPSA) is 75.7 Å². The number of ether oxygens (including phenoxy) is 1. The first-order chi connectivity index (χ1) is 13.9. The van der Waals surface area contributed by atoms with Crippen molar-refractivity contribution < 1.29 is 17.9 Å². The van der Waals surface area contributed by atoms with E-state index in [4.69, 9.17) is 4.74 Å². The highest BCUT2D eigenvalue weighted by molar-refractivity contribution is 7.88. The van der Waals surface area contributed by atoms with E-state index in [0.717, 1.165) is 12.8 Å². The predicted molar refractivity (Wildman–Crippen MR) is 113 cm³/mol. The summed E-state index contributed by atoms with van der Waals surface area (Å²) in [6.07, 6.45) is 1.78. The molecule has 1 saturated heterocycles. The fourth-order valence-electron chi connectivity index (χ4n) is 3.23. The van der Waals surface area contributed by atoms with Crippen LogP contribution in [-0.2, 0) is 26.9 Å². The minimum Gasteiger partial charge on any atom is -0.379 e. The van der Waals surface area contributed by atoms with Crippen molar-refractivity contribution in [3.05, 3.63) is 70.8 Å². The van der Waals surface area contributed by atoms with Crippen LogP contribution in [-0.4, -0.2) is 51.5 Å². The van der Waals surface area contributed by atoms with Gasteiger partial charge in [0.15, 0.2) is 0 Å². The quantitative estimate of drug-likeness (QED) is 0.671. The lowest BCUT2D eigenvalue weighted by Crippen LogP contribution is -2.41. The Bertz CT molecular complexity index is 903. The van der Waals surface area contributed by atoms with E-state index in [0.29, 0.717) is 44.0 Å². The Morgan fingerprint density at radius 2 is 1.62 bits per heavy atom. The number of rotatable bonds is 8. The minimum atomic E-state index is -3.36. The largest absolute Gasteiger partial charge is 0.379 e. The molecule has 156 valence electrons. The van der Waals surface area contributed by atoms with Gasteiger partial charge in [-0.15, -0.1) is 0 Å². The number of sulfonamides is 1. The molecule has 0 unspecified atom stereocenters. The van der Waals surface area contributed by atoms with Crippen molar-refractivity contribution in [1.82, 2.24) is 9.62 Å². The molecule has 29 heavy (non-hydrogen) atoms. The van der Waals surface area contributed by atoms with E-state index < -0.39 is 10.0 Å². The van der Waals surface area contributed by atoms with Crippen LogP contribution in [0.4, 0.5) is 0 Å². The van der Waals surface area contributed by atoms with Crippen LogP contribution in [0.2, 0.25) is 0 Å². The second kappa shape index (κ2) is 10.0. The molecule has 2 aromatic carbocycles. The third-order valence-electron chi connectivity index (χ3n) is 4.98. The molecule has 3 rings (SSSR count). The number of benzene rings is 2. The first-order valence-electron chi connectivity index (χ1n) is 9.92. The summed E-state index contributed by atoms with van der Waals surface area (Å²) in [5.74, 6) is -0.206. The maximum Gasteiger partial charge on any atom is 0.251 e. The van der Waals surface area contributed by atoms with Gasteiger partial charge in [-0.1, -0.05) is 42.0 Å². The van der Waals surface area contributed by atoms with Gasteiger partial charge in [-0.05, 0) is 43.0 Å². The van der Waals surface area contributed by atoms with Crippen molar-refractivity contribution >= 4 is 15.9 Å². The minimum absolute atomic E-state index is 0.0640. The second-order valence-corrected chi connectivity index (χ2v) is 9.28. The maximum absolute atomic E-state index is 12.5. The van der Waals surface area contributed by atoms with Crippen molar-refractivity contribution in [3.63, 3.8) is 0 Å². The zero-order chi connectivity index (χ0) is 20.7. The molecule has 1 aliphatic heterocycles. The van der Waals surface area contributed by atoms with Crippen LogP contribution < -0.4 is 5.32 Å². The Balaban J connectivity index is 1.46. The van der Waals surface area contributed by atoms with Gasteiger partial charge in [-0.3, -0.25) is 4.79 Å². The highest BCUT2D eigenvalue weighted by atomic mass is 32.2. The van der Waals surface area contributed by atoms with Crippen molar-refractivity contribution in [2.45, 2.75) is 25.5 Å². The number of aryl methyl sites for hydroxylation is 2. The van der Waals surface area contributed by atoms with Crippen LogP contribution in [0, 0.1) is 6.92 Å². The van der Waals surface area contributed by atoms with Gasteiger partial charge in [0.2, 0.25) is 10.0 Å². The number of morpholine rings is 1. The van der Waals surface area contributed by atoms with Crippen LogP contribution in [0.3, 0.4) is 0 Å². The van der Waals surface area contributed by atoms with Gasteiger partial charge in [0.25, 0.3) is 5.91 Å². The molecular weight excluding hydrogens is 388 g/mol. The lowest BCUT2D eigenvalue weighted by atomic mass is 10.1. The summed E-state index contributed by atoms with van der Waals surface area (Å²) >= 11 is 0. The summed E-state index contributed by atoms with van der Waals surface area (Å²) in [6, 6.07) is 15.2. The summed E-state index contributed by atoms with van der Waals surface area (Å²) in [7, 11) is -3.36. The van der Waals surface area contributed by atoms with Gasteiger partial charge in [-0.25, -0.2) is 8.42 Å². The van der Waals surface area contributed by atoms with Crippen molar-refractivity contribution in [3.8, 4) is 0 Å². The standard InChI is InChI=1S/C22H28N2O4S/c1-18-4-6-19(7-5-18)3-2-12-23-22(25)21-10-8-20(9-11-21)17-29(26,27)24-13-15-28-16-14-24/h4-11H,2-3,12-17H2,1H3,(H,23,25). The number of nitrogens with zero attached hydrogens (tertiary/aromatic N) is 1. The van der Waals surface area contributed by atoms with E-state index in [2.05, 4.69) is 36.5 Å². The molecule has 7 heteroatoms. The monoisotopic (exact) mass is 416 g/mol. The van der Waals surface area contributed by atoms with Gasteiger partial charge >= 0.3 is 0 Å². The maximum atomic E-state index is 12.5. The Labute approximate surface area is 172 Å². The fraction of sp³-hybridized carbons (Fsp3) is 0.409. The number of nitrogens with one attached hydrogen (secondary N) is 1. The SMILES string of the molecule is Cc1ccc(CCCNC(=O)c2ccc(CS(=O)(=O)N3CCOCC3)cc2)cc1. The van der Waals surface area contributed by atoms with Crippen LogP contribution in [0.1, 0.15) is 33.5 Å². The second-order valence-electron chi connectivity index (χ2n) is 7.31. The zero-order valence-electron chi connectivity index (χ0n) is 16.8. The summed E-state index contributed by atoms with van der Waals surface area (Å²) in [4.78, 5) is 12.3. The molecule has 0 bridgehead atoms. The predicted octanol–water partition coefficient (Wildman–Crippen LogP) is 2.52. The number of carbonyl (C=O) groups is 1. The van der Waals surface area contributed by atoms with E-state index in [-0.39, 0.29) is 11.7 Å². The van der Waals surface area contributed by atoms with Gasteiger partial charge in [0.1, 0.15) is 0 Å². The number of carbonyl (C=O) groups excluding carboxylic acids is 1. The lowest BCUT2D eigenvalue weighted by Gasteiger charge is -2.26. The van der Waals surface area contributed by atoms with Crippen molar-refractivity contribution in [2.75, 3.05) is 32.8 Å². The van der Waals surface area contributed by atoms with Gasteiger partial charge in [-0.2, -0.15) is 4.31 Å². The summed E-state index contributed by atoms with van der Waals surface area (Å²) in [5, 5.41) is 2.92. The molecule has 2 aromatic rings. The Hall–Kier alpha value is -2.22. The zero-order valence-corrected chi connectivity index (χ0v) is 17.6. The van der Waals surface area contributed by atoms with E-state index in [1.807, 2.05) is 0 Å². The Morgan fingerprint density at radius 3 is 2.28 bits per heavy atom. The molecule has 1 heterocycles. The van der Waals surface area contributed by atoms with Crippen molar-refractivity contribution in [1.29, 1.82) is 0 Å². The highest BCUT2D eigenvalue weighted by Gasteiger charge is 2.24. The molecule has 0 radical (unpaired) electrons. The van der Waals surface area contributed by atoms with Gasteiger partial charge in [0.05, 0.1) is 19.0 Å². The summed E-state index contributed by atoms with van der Waals surface area (Å²) in [6.45, 7) is 4.31. The molecule has 1 N–H and O–H groups in total. The smallest absolute Gasteiger partial charge is 0.251 e. The lowest BCUT2D eigenvalue weighted by molar-refractivity contribution is 0.0729. The van der Waals surface area contributed by atoms with Gasteiger partial charge in [0, 0.05) is 25.2 Å². The number of hydrogen-bond acceptors (Lipinski definition) is 4. The summed E-state index contributed by atoms with van der Waals surface area (Å²) < 4.78 is 31.6. The van der Waals surface area contributed by atoms with Crippen LogP contribution in [0.5, 0.6) is 0 Å². The average molecular weight is 417 g/mol. The Kier molecular flexibility index (Phi) is 7.41. The molecule has 0 atom stereocenters. The third-order valence-corrected chi connectivity index (χ3v) is 6.83. The van der Waals surface area contributed by atoms with E-state index in [1.54, 1.807) is 24.3 Å². The normalized spacial score (nSPS) is 15.2. The van der Waals surface area contributed by atoms with E-state index in [9.17, 15) is 13.2 Å². The molecule has 0 saturated carbocycles. The molecule has 0 aliphatic carbocycles. The molecule has 0 spiro atoms. The number of amides is 1. The van der Waals surface area contributed by atoms with Crippen LogP contribution in [0.25, 0.3) is 0 Å². The highest BCUT2D eigenvalue weighted by Crippen LogP contribution is 2.14. The molecular formula is C22H28N2O4S. The van der Waals surface area contributed by atoms with Crippen LogP contribution >= 0.6 is 0 Å². The molecule has 1 amide bonds. The first kappa shape index (κ1) is 21.5. The molecule has 6 nitrogen and oxygen atoms in total. The van der Waals surface area contributed by atoms with Crippen molar-refractivity contribution in [2.24, 2.45) is 0 Å². The third kappa shape index (κ3) is 6.39. The van der Waals surface area contributed by atoms with Gasteiger partial charge < -0.3 is 10.1 Å². The Morgan fingerprint density at radius 1 is 1.00 bits per heavy atom. The molecule has 0 aromatic heterocycles. The molecule has 1 aliphatic rings. The van der Waals surface area contributed by atoms with Crippen LogP contribution in [0.15, 0.2) is 48.5 Å². The average Bonchev–Trinajstić information content (AvgIpc) is 2.73. The first-order valence-corrected chi connectivity index (χ1v) is 11.5. The molecule has 1 fully saturated rings. The van der Waals surface area contributed by atoms with E-state index >= 15 is 0 Å². The fourth-order valence-corrected chi connectivity index (χ4v) is 4.73. The number of hydrogen-bond donors (Lipinski definition) is 1. The summed E-state index contributed by atoms with van der Waals surface area (Å²) in [5.41, 5.74) is 3.71. The van der Waals surface area contributed by atoms with E-state index in [1.165, 1.54) is 15.4 Å².